The number of anilines is 2. The Morgan fingerprint density at radius 2 is 1.93 bits per heavy atom. The Morgan fingerprint density at radius 1 is 1.21 bits per heavy atom. The van der Waals surface area contributed by atoms with Gasteiger partial charge in [-0.3, -0.25) is 4.98 Å². The Hall–Kier alpha value is -2.79. The van der Waals surface area contributed by atoms with E-state index in [-0.39, 0.29) is 12.7 Å². The van der Waals surface area contributed by atoms with E-state index in [1.807, 2.05) is 51.1 Å². The summed E-state index contributed by atoms with van der Waals surface area (Å²) in [5, 5.41) is 4.68. The van der Waals surface area contributed by atoms with Crippen LogP contribution < -0.4 is 10.1 Å². The third kappa shape index (κ3) is 4.37. The van der Waals surface area contributed by atoms with Crippen LogP contribution in [0, 0.1) is 6.92 Å². The molecule has 0 amide bonds. The smallest absolute Gasteiger partial charge is 0.341 e. The lowest BCUT2D eigenvalue weighted by atomic mass is 10.1. The number of carbonyl (C=O) groups excluding carboxylic acids is 1. The van der Waals surface area contributed by atoms with Gasteiger partial charge in [0, 0.05) is 22.3 Å². The molecule has 3 aromatic rings. The number of rotatable bonds is 6. The summed E-state index contributed by atoms with van der Waals surface area (Å²) >= 11 is 6.27. The number of carbonyl (C=O) groups is 1. The molecule has 0 saturated heterocycles. The Bertz CT molecular complexity index is 1000. The van der Waals surface area contributed by atoms with Gasteiger partial charge in [0.05, 0.1) is 23.9 Å². The Kier molecular flexibility index (Phi) is 6.05. The third-order valence-electron chi connectivity index (χ3n) is 4.12. The number of benzene rings is 2. The number of esters is 1. The van der Waals surface area contributed by atoms with Crippen LogP contribution in [-0.2, 0) is 4.74 Å². The number of hydrogen-bond donors (Lipinski definition) is 1. The summed E-state index contributed by atoms with van der Waals surface area (Å²) in [7, 11) is 0. The topological polar surface area (TPSA) is 60.5 Å². The van der Waals surface area contributed by atoms with E-state index in [4.69, 9.17) is 21.1 Å². The van der Waals surface area contributed by atoms with Crippen LogP contribution >= 0.6 is 11.6 Å². The summed E-state index contributed by atoms with van der Waals surface area (Å²) in [5.74, 6) is 0.349. The Labute approximate surface area is 169 Å². The molecule has 3 rings (SSSR count). The van der Waals surface area contributed by atoms with Crippen LogP contribution in [0.25, 0.3) is 10.9 Å². The highest BCUT2D eigenvalue weighted by atomic mass is 35.5. The number of fused-ring (bicyclic) bond motifs is 1. The SMILES string of the molecule is CCOC(=O)c1cnc2c(C)cc(Cl)cc2c1Nc1ccc(OC(C)C)cc1. The van der Waals surface area contributed by atoms with E-state index in [0.29, 0.717) is 16.3 Å². The van der Waals surface area contributed by atoms with Gasteiger partial charge in [0.2, 0.25) is 0 Å². The summed E-state index contributed by atoms with van der Waals surface area (Å²) in [4.78, 5) is 16.9. The van der Waals surface area contributed by atoms with Crippen LogP contribution in [0.4, 0.5) is 11.4 Å². The fraction of sp³-hybridized carbons (Fsp3) is 0.273. The van der Waals surface area contributed by atoms with Crippen LogP contribution in [0.15, 0.2) is 42.6 Å². The van der Waals surface area contributed by atoms with E-state index in [2.05, 4.69) is 10.3 Å². The fourth-order valence-electron chi connectivity index (χ4n) is 2.97. The van der Waals surface area contributed by atoms with E-state index < -0.39 is 5.97 Å². The van der Waals surface area contributed by atoms with Crippen molar-refractivity contribution >= 4 is 39.8 Å². The molecule has 1 heterocycles. The van der Waals surface area contributed by atoms with E-state index in [9.17, 15) is 4.79 Å². The van der Waals surface area contributed by atoms with Crippen molar-refractivity contribution in [3.63, 3.8) is 0 Å². The molecule has 1 aromatic heterocycles. The monoisotopic (exact) mass is 398 g/mol. The molecule has 0 unspecified atom stereocenters. The van der Waals surface area contributed by atoms with Crippen molar-refractivity contribution in [2.24, 2.45) is 0 Å². The van der Waals surface area contributed by atoms with Gasteiger partial charge in [0.25, 0.3) is 0 Å². The number of aromatic nitrogens is 1. The highest BCUT2D eigenvalue weighted by molar-refractivity contribution is 6.31. The quantitative estimate of drug-likeness (QED) is 0.523. The molecule has 146 valence electrons. The summed E-state index contributed by atoms with van der Waals surface area (Å²) in [5.41, 5.74) is 3.50. The highest BCUT2D eigenvalue weighted by Crippen LogP contribution is 2.33. The predicted octanol–water partition coefficient (Wildman–Crippen LogP) is 5.90. The molecule has 0 atom stereocenters. The molecule has 0 spiro atoms. The standard InChI is InChI=1S/C22H23ClN2O3/c1-5-27-22(26)19-12-24-20-14(4)10-15(23)11-18(20)21(19)25-16-6-8-17(9-7-16)28-13(2)3/h6-13H,5H2,1-4H3,(H,24,25). The first kappa shape index (κ1) is 20.0. The van der Waals surface area contributed by atoms with Crippen molar-refractivity contribution in [1.82, 2.24) is 4.98 Å². The van der Waals surface area contributed by atoms with Gasteiger partial charge < -0.3 is 14.8 Å². The fourth-order valence-corrected chi connectivity index (χ4v) is 3.24. The Morgan fingerprint density at radius 3 is 2.57 bits per heavy atom. The molecule has 2 aromatic carbocycles. The summed E-state index contributed by atoms with van der Waals surface area (Å²) < 4.78 is 10.9. The van der Waals surface area contributed by atoms with Gasteiger partial charge in [-0.25, -0.2) is 4.79 Å². The summed E-state index contributed by atoms with van der Waals surface area (Å²) in [6, 6.07) is 11.2. The molecule has 0 bridgehead atoms. The normalized spacial score (nSPS) is 10.9. The third-order valence-corrected chi connectivity index (χ3v) is 4.34. The molecule has 0 fully saturated rings. The van der Waals surface area contributed by atoms with Crippen LogP contribution in [0.5, 0.6) is 5.75 Å². The molecule has 0 radical (unpaired) electrons. The van der Waals surface area contributed by atoms with Crippen LogP contribution in [0.3, 0.4) is 0 Å². The average Bonchev–Trinajstić information content (AvgIpc) is 2.63. The number of ether oxygens (including phenoxy) is 2. The van der Waals surface area contributed by atoms with Gasteiger partial charge >= 0.3 is 5.97 Å². The van der Waals surface area contributed by atoms with Gasteiger partial charge in [-0.15, -0.1) is 0 Å². The summed E-state index contributed by atoms with van der Waals surface area (Å²) in [6.07, 6.45) is 1.64. The maximum Gasteiger partial charge on any atom is 0.341 e. The zero-order valence-electron chi connectivity index (χ0n) is 16.4. The lowest BCUT2D eigenvalue weighted by molar-refractivity contribution is 0.0527. The number of pyridine rings is 1. The average molecular weight is 399 g/mol. The summed E-state index contributed by atoms with van der Waals surface area (Å²) in [6.45, 7) is 7.95. The highest BCUT2D eigenvalue weighted by Gasteiger charge is 2.18. The predicted molar refractivity (Wildman–Crippen MR) is 113 cm³/mol. The van der Waals surface area contributed by atoms with Gasteiger partial charge in [0.1, 0.15) is 11.3 Å². The van der Waals surface area contributed by atoms with Crippen molar-refractivity contribution in [1.29, 1.82) is 0 Å². The molecule has 0 aliphatic rings. The molecule has 1 N–H and O–H groups in total. The van der Waals surface area contributed by atoms with Crippen molar-refractivity contribution < 1.29 is 14.3 Å². The minimum absolute atomic E-state index is 0.100. The zero-order valence-corrected chi connectivity index (χ0v) is 17.1. The van der Waals surface area contributed by atoms with Crippen molar-refractivity contribution in [3.05, 3.63) is 58.7 Å². The number of nitrogens with one attached hydrogen (secondary N) is 1. The van der Waals surface area contributed by atoms with Crippen LogP contribution in [-0.4, -0.2) is 23.7 Å². The molecule has 6 heteroatoms. The van der Waals surface area contributed by atoms with E-state index in [1.54, 1.807) is 19.2 Å². The number of hydrogen-bond acceptors (Lipinski definition) is 5. The molecule has 5 nitrogen and oxygen atoms in total. The zero-order chi connectivity index (χ0) is 20.3. The van der Waals surface area contributed by atoms with Crippen molar-refractivity contribution in [3.8, 4) is 5.75 Å². The largest absolute Gasteiger partial charge is 0.491 e. The molecule has 0 aliphatic carbocycles. The van der Waals surface area contributed by atoms with Crippen molar-refractivity contribution in [2.45, 2.75) is 33.8 Å². The number of halogens is 1. The Balaban J connectivity index is 2.08. The minimum atomic E-state index is -0.434. The molecule has 28 heavy (non-hydrogen) atoms. The first-order valence-corrected chi connectivity index (χ1v) is 9.56. The second-order valence-corrected chi connectivity index (χ2v) is 7.14. The first-order chi connectivity index (χ1) is 13.4. The lowest BCUT2D eigenvalue weighted by Gasteiger charge is -2.16. The maximum absolute atomic E-state index is 12.5. The lowest BCUT2D eigenvalue weighted by Crippen LogP contribution is -2.09. The second kappa shape index (κ2) is 8.48. The van der Waals surface area contributed by atoms with Crippen LogP contribution in [0.1, 0.15) is 36.7 Å². The molecule has 0 aliphatic heterocycles. The van der Waals surface area contributed by atoms with Crippen LogP contribution in [0.2, 0.25) is 5.02 Å². The van der Waals surface area contributed by atoms with E-state index >= 15 is 0 Å². The number of aryl methyl sites for hydroxylation is 1. The maximum atomic E-state index is 12.5. The molecular weight excluding hydrogens is 376 g/mol. The van der Waals surface area contributed by atoms with E-state index in [1.165, 1.54) is 0 Å². The number of nitrogens with zero attached hydrogens (tertiary/aromatic N) is 1. The molecule has 0 saturated carbocycles. The van der Waals surface area contributed by atoms with E-state index in [0.717, 1.165) is 27.9 Å². The van der Waals surface area contributed by atoms with Gasteiger partial charge in [0.15, 0.2) is 0 Å². The second-order valence-electron chi connectivity index (χ2n) is 6.70. The van der Waals surface area contributed by atoms with Gasteiger partial charge in [-0.1, -0.05) is 11.6 Å². The van der Waals surface area contributed by atoms with Gasteiger partial charge in [-0.2, -0.15) is 0 Å². The first-order valence-electron chi connectivity index (χ1n) is 9.18. The molecular formula is C22H23ClN2O3. The van der Waals surface area contributed by atoms with Gasteiger partial charge in [-0.05, 0) is 69.7 Å². The minimum Gasteiger partial charge on any atom is -0.491 e. The van der Waals surface area contributed by atoms with Crippen molar-refractivity contribution in [2.75, 3.05) is 11.9 Å².